The van der Waals surface area contributed by atoms with Crippen LogP contribution < -0.4 is 16.4 Å². The molecule has 1 aliphatic rings. The third kappa shape index (κ3) is 2.98. The van der Waals surface area contributed by atoms with E-state index in [0.717, 1.165) is 42.5 Å². The number of hydrogen-bond acceptors (Lipinski definition) is 6. The second kappa shape index (κ2) is 6.02. The molecule has 1 aliphatic heterocycles. The minimum absolute atomic E-state index is 0.434. The van der Waals surface area contributed by atoms with Gasteiger partial charge in [-0.05, 0) is 26.3 Å². The van der Waals surface area contributed by atoms with Crippen LogP contribution in [0.5, 0.6) is 0 Å². The molecule has 1 aromatic heterocycles. The molecule has 0 aliphatic carbocycles. The molecule has 0 atom stereocenters. The molecule has 0 saturated carbocycles. The Hall–Kier alpha value is -0.920. The molecule has 0 spiro atoms. The molecule has 1 aromatic rings. The van der Waals surface area contributed by atoms with Gasteiger partial charge in [0.2, 0.25) is 0 Å². The van der Waals surface area contributed by atoms with Gasteiger partial charge in [-0.1, -0.05) is 0 Å². The Kier molecular flexibility index (Phi) is 4.59. The van der Waals surface area contributed by atoms with Gasteiger partial charge in [0.1, 0.15) is 9.88 Å². The van der Waals surface area contributed by atoms with Crippen molar-refractivity contribution in [3.05, 3.63) is 4.88 Å². The molecule has 2 rings (SSSR count). The number of nitrogens with zero attached hydrogens (tertiary/aromatic N) is 2. The summed E-state index contributed by atoms with van der Waals surface area (Å²) in [5.41, 5.74) is 12.0. The topological polar surface area (TPSA) is 75.6 Å². The Balaban J connectivity index is 2.32. The number of carbonyl (C=O) groups excluding carboxylic acids is 1. The highest BCUT2D eigenvalue weighted by Crippen LogP contribution is 2.43. The zero-order valence-electron chi connectivity index (χ0n) is 11.3. The van der Waals surface area contributed by atoms with Crippen LogP contribution in [0, 0.1) is 0 Å². The molecule has 0 radical (unpaired) electrons. The van der Waals surface area contributed by atoms with Crippen LogP contribution in [0.3, 0.4) is 0 Å². The third-order valence-electron chi connectivity index (χ3n) is 3.32. The van der Waals surface area contributed by atoms with Gasteiger partial charge in [0.05, 0.1) is 10.6 Å². The van der Waals surface area contributed by atoms with Crippen molar-refractivity contribution >= 4 is 39.7 Å². The first-order valence-corrected chi connectivity index (χ1v) is 8.28. The van der Waals surface area contributed by atoms with Gasteiger partial charge < -0.3 is 21.3 Å². The lowest BCUT2D eigenvalue weighted by Gasteiger charge is -2.22. The van der Waals surface area contributed by atoms with Gasteiger partial charge in [-0.2, -0.15) is 0 Å². The second-order valence-electron chi connectivity index (χ2n) is 4.69. The molecule has 1 saturated heterocycles. The number of hydrogen-bond donors (Lipinski definition) is 2. The maximum absolute atomic E-state index is 11.4. The first-order valence-electron chi connectivity index (χ1n) is 6.24. The molecule has 106 valence electrons. The quantitative estimate of drug-likeness (QED) is 0.823. The summed E-state index contributed by atoms with van der Waals surface area (Å²) in [5, 5.41) is 1.09. The lowest BCUT2D eigenvalue weighted by Crippen LogP contribution is -2.28. The van der Waals surface area contributed by atoms with Crippen molar-refractivity contribution in [2.45, 2.75) is 11.3 Å². The fourth-order valence-electron chi connectivity index (χ4n) is 2.25. The Labute approximate surface area is 121 Å². The normalized spacial score (nSPS) is 17.5. The molecule has 1 amide bonds. The molecular formula is C12H20N4OS2. The lowest BCUT2D eigenvalue weighted by molar-refractivity contribution is 0.100. The third-order valence-corrected chi connectivity index (χ3v) is 5.55. The zero-order chi connectivity index (χ0) is 14.0. The number of likely N-dealkylation sites (N-methyl/N-ethyl adjacent to an activating group) is 1. The molecule has 0 aromatic carbocycles. The van der Waals surface area contributed by atoms with E-state index in [9.17, 15) is 4.79 Å². The van der Waals surface area contributed by atoms with E-state index in [1.54, 1.807) is 11.8 Å². The Morgan fingerprint density at radius 2 is 2.05 bits per heavy atom. The lowest BCUT2D eigenvalue weighted by atomic mass is 10.3. The Bertz CT molecular complexity index is 475. The van der Waals surface area contributed by atoms with E-state index in [2.05, 4.69) is 16.8 Å². The number of nitrogen functional groups attached to an aromatic ring is 1. The standard InChI is InChI=1S/C12H20N4OS2/c1-15-4-3-5-16(7-6-15)12-10(18-2)8(13)9(19-12)11(14)17/h3-7,13H2,1-2H3,(H2,14,17). The number of primary amides is 1. The van der Waals surface area contributed by atoms with Gasteiger partial charge >= 0.3 is 0 Å². The van der Waals surface area contributed by atoms with Gasteiger partial charge in [-0.25, -0.2) is 0 Å². The predicted molar refractivity (Wildman–Crippen MR) is 83.4 cm³/mol. The second-order valence-corrected chi connectivity index (χ2v) is 6.51. The van der Waals surface area contributed by atoms with Crippen molar-refractivity contribution in [2.24, 2.45) is 5.73 Å². The molecule has 7 heteroatoms. The summed E-state index contributed by atoms with van der Waals surface area (Å²) >= 11 is 3.01. The maximum atomic E-state index is 11.4. The van der Waals surface area contributed by atoms with Crippen LogP contribution in [-0.2, 0) is 0 Å². The smallest absolute Gasteiger partial charge is 0.261 e. The van der Waals surface area contributed by atoms with Crippen LogP contribution in [-0.4, -0.2) is 50.3 Å². The SMILES string of the molecule is CSc1c(N2CCCN(C)CC2)sc(C(N)=O)c1N. The van der Waals surface area contributed by atoms with Crippen molar-refractivity contribution in [1.82, 2.24) is 4.90 Å². The summed E-state index contributed by atoms with van der Waals surface area (Å²) in [5.74, 6) is -0.434. The summed E-state index contributed by atoms with van der Waals surface area (Å²) in [7, 11) is 2.14. The van der Waals surface area contributed by atoms with Crippen LogP contribution in [0.1, 0.15) is 16.1 Å². The highest BCUT2D eigenvalue weighted by Gasteiger charge is 2.23. The number of thiophene rings is 1. The first-order chi connectivity index (χ1) is 9.04. The minimum atomic E-state index is -0.434. The van der Waals surface area contributed by atoms with Gasteiger partial charge in [-0.3, -0.25) is 4.79 Å². The van der Waals surface area contributed by atoms with Crippen LogP contribution >= 0.6 is 23.1 Å². The molecule has 0 unspecified atom stereocenters. The first kappa shape index (κ1) is 14.5. The number of anilines is 2. The number of amides is 1. The van der Waals surface area contributed by atoms with Crippen LogP contribution in [0.25, 0.3) is 0 Å². The van der Waals surface area contributed by atoms with Gasteiger partial charge in [0.25, 0.3) is 5.91 Å². The minimum Gasteiger partial charge on any atom is -0.396 e. The summed E-state index contributed by atoms with van der Waals surface area (Å²) in [4.78, 5) is 17.5. The van der Waals surface area contributed by atoms with E-state index in [-0.39, 0.29) is 0 Å². The van der Waals surface area contributed by atoms with Crippen molar-refractivity contribution in [2.75, 3.05) is 50.1 Å². The summed E-state index contributed by atoms with van der Waals surface area (Å²) in [6.07, 6.45) is 3.10. The number of nitrogens with two attached hydrogens (primary N) is 2. The van der Waals surface area contributed by atoms with E-state index in [0.29, 0.717) is 10.6 Å². The van der Waals surface area contributed by atoms with Crippen molar-refractivity contribution < 1.29 is 4.79 Å². The summed E-state index contributed by atoms with van der Waals surface area (Å²) < 4.78 is 0. The fraction of sp³-hybridized carbons (Fsp3) is 0.583. The van der Waals surface area contributed by atoms with Crippen molar-refractivity contribution in [3.8, 4) is 0 Å². The largest absolute Gasteiger partial charge is 0.396 e. The average Bonchev–Trinajstić information content (AvgIpc) is 2.54. The molecule has 4 N–H and O–H groups in total. The highest BCUT2D eigenvalue weighted by molar-refractivity contribution is 7.99. The fourth-order valence-corrected chi connectivity index (χ4v) is 4.34. The van der Waals surface area contributed by atoms with Gasteiger partial charge in [-0.15, -0.1) is 23.1 Å². The molecule has 2 heterocycles. The number of rotatable bonds is 3. The zero-order valence-corrected chi connectivity index (χ0v) is 12.9. The van der Waals surface area contributed by atoms with Gasteiger partial charge in [0, 0.05) is 19.6 Å². The maximum Gasteiger partial charge on any atom is 0.261 e. The van der Waals surface area contributed by atoms with Crippen LogP contribution in [0.15, 0.2) is 4.90 Å². The molecular weight excluding hydrogens is 280 g/mol. The highest BCUT2D eigenvalue weighted by atomic mass is 32.2. The average molecular weight is 300 g/mol. The molecule has 1 fully saturated rings. The predicted octanol–water partition coefficient (Wildman–Crippen LogP) is 1.29. The Morgan fingerprint density at radius 1 is 1.32 bits per heavy atom. The summed E-state index contributed by atoms with van der Waals surface area (Å²) in [6, 6.07) is 0. The van der Waals surface area contributed by atoms with Crippen LogP contribution in [0.4, 0.5) is 10.7 Å². The number of thioether (sulfide) groups is 1. The number of carbonyl (C=O) groups is 1. The van der Waals surface area contributed by atoms with E-state index < -0.39 is 5.91 Å². The molecule has 0 bridgehead atoms. The monoisotopic (exact) mass is 300 g/mol. The van der Waals surface area contributed by atoms with Gasteiger partial charge in [0.15, 0.2) is 0 Å². The van der Waals surface area contributed by atoms with Crippen molar-refractivity contribution in [3.63, 3.8) is 0 Å². The van der Waals surface area contributed by atoms with E-state index in [4.69, 9.17) is 11.5 Å². The van der Waals surface area contributed by atoms with E-state index in [1.165, 1.54) is 11.3 Å². The molecule has 19 heavy (non-hydrogen) atoms. The van der Waals surface area contributed by atoms with E-state index in [1.807, 2.05) is 6.26 Å². The molecule has 5 nitrogen and oxygen atoms in total. The van der Waals surface area contributed by atoms with E-state index >= 15 is 0 Å². The van der Waals surface area contributed by atoms with Crippen molar-refractivity contribution in [1.29, 1.82) is 0 Å². The summed E-state index contributed by atoms with van der Waals surface area (Å²) in [6.45, 7) is 4.09. The Morgan fingerprint density at radius 3 is 2.68 bits per heavy atom. The van der Waals surface area contributed by atoms with Crippen LogP contribution in [0.2, 0.25) is 0 Å².